The molecule has 0 radical (unpaired) electrons. The lowest BCUT2D eigenvalue weighted by Gasteiger charge is -2.44. The van der Waals surface area contributed by atoms with Crippen LogP contribution in [0.3, 0.4) is 0 Å². The van der Waals surface area contributed by atoms with Gasteiger partial charge in [0.2, 0.25) is 6.71 Å². The number of fused-ring (bicyclic) bond motifs is 9. The zero-order chi connectivity index (χ0) is 62.5. The van der Waals surface area contributed by atoms with E-state index in [-0.39, 0.29) is 13.4 Å². The molecular weight excluding hydrogens is 1170 g/mol. The second-order valence-corrected chi connectivity index (χ2v) is 25.7. The number of benzene rings is 14. The molecule has 10 heteroatoms. The molecule has 1 N–H and O–H groups in total. The van der Waals surface area contributed by atoms with Gasteiger partial charge in [0.15, 0.2) is 11.0 Å². The third-order valence-electron chi connectivity index (χ3n) is 19.3. The molecule has 4 aliphatic rings. The Morgan fingerprint density at radius 2 is 0.811 bits per heavy atom. The highest BCUT2D eigenvalue weighted by atomic mass is 32.2. The molecule has 0 spiro atoms. The number of anilines is 12. The fourth-order valence-corrected chi connectivity index (χ4v) is 16.7. The highest BCUT2D eigenvalue weighted by Crippen LogP contribution is 2.53. The molecule has 4 aliphatic heterocycles. The predicted molar refractivity (Wildman–Crippen MR) is 396 cm³/mol. The van der Waals surface area contributed by atoms with E-state index in [2.05, 4.69) is 369 Å². The molecule has 15 aromatic rings. The lowest BCUT2D eigenvalue weighted by Crippen LogP contribution is -2.63. The molecule has 95 heavy (non-hydrogen) atoms. The number of rotatable bonds is 11. The summed E-state index contributed by atoms with van der Waals surface area (Å²) in [6.07, 6.45) is 0. The van der Waals surface area contributed by atoms with Gasteiger partial charge in [-0.25, -0.2) is 4.98 Å². The Labute approximate surface area is 556 Å². The van der Waals surface area contributed by atoms with E-state index in [4.69, 9.17) is 4.74 Å². The summed E-state index contributed by atoms with van der Waals surface area (Å²) in [7, 11) is 0. The SMILES string of the molecule is c1ccc(-c2[nH]c3ccc(-c4c5c(cc6c4Sc4cc(N(c7ccccc7)c7ccccc7)cc7c4B6c4ccccc4N7c4ccccc4)B4c6ccccc6N(c6ccccc6)c6cc(N(c7ccccc7)c7ccccc7)cc(c64)O5)cc3[n+]2-c2ccccc2)cc1. The van der Waals surface area contributed by atoms with E-state index in [0.29, 0.717) is 0 Å². The van der Waals surface area contributed by atoms with Crippen molar-refractivity contribution in [1.82, 2.24) is 4.98 Å². The average Bonchev–Trinajstić information content (AvgIpc) is 0.936. The van der Waals surface area contributed by atoms with Crippen LogP contribution in [0.25, 0.3) is 39.2 Å². The smallest absolute Gasteiger partial charge is 0.292 e. The quantitative estimate of drug-likeness (QED) is 0.103. The third-order valence-corrected chi connectivity index (χ3v) is 20.5. The van der Waals surface area contributed by atoms with Gasteiger partial charge in [0.05, 0.1) is 11.3 Å². The van der Waals surface area contributed by atoms with E-state index in [9.17, 15) is 0 Å². The van der Waals surface area contributed by atoms with Crippen LogP contribution < -0.4 is 61.7 Å². The van der Waals surface area contributed by atoms with Crippen molar-refractivity contribution in [2.24, 2.45) is 0 Å². The number of nitrogens with zero attached hydrogens (tertiary/aromatic N) is 5. The van der Waals surface area contributed by atoms with Gasteiger partial charge in [-0.3, -0.25) is 0 Å². The van der Waals surface area contributed by atoms with E-state index in [1.807, 2.05) is 11.8 Å². The van der Waals surface area contributed by atoms with Gasteiger partial charge in [0.1, 0.15) is 17.2 Å². The van der Waals surface area contributed by atoms with Crippen LogP contribution in [-0.2, 0) is 0 Å². The van der Waals surface area contributed by atoms with Crippen molar-refractivity contribution < 1.29 is 9.30 Å². The number of aromatic amines is 1. The number of H-pyrrole nitrogens is 1. The largest absolute Gasteiger partial charge is 0.458 e. The van der Waals surface area contributed by atoms with Crippen LogP contribution in [0.2, 0.25) is 0 Å². The van der Waals surface area contributed by atoms with Crippen LogP contribution in [0, 0.1) is 0 Å². The molecule has 0 bridgehead atoms. The first kappa shape index (κ1) is 54.7. The first-order chi connectivity index (χ1) is 47.2. The molecule has 19 rings (SSSR count). The summed E-state index contributed by atoms with van der Waals surface area (Å²) in [4.78, 5) is 16.0. The van der Waals surface area contributed by atoms with Crippen LogP contribution in [-0.4, -0.2) is 18.4 Å². The van der Waals surface area contributed by atoms with E-state index < -0.39 is 0 Å². The van der Waals surface area contributed by atoms with E-state index in [1.54, 1.807) is 0 Å². The maximum Gasteiger partial charge on any atom is 0.292 e. The number of ether oxygens (including phenoxy) is 1. The molecule has 0 aliphatic carbocycles. The zero-order valence-electron chi connectivity index (χ0n) is 51.5. The monoisotopic (exact) mass is 1230 g/mol. The van der Waals surface area contributed by atoms with E-state index in [0.717, 1.165) is 135 Å². The van der Waals surface area contributed by atoms with E-state index >= 15 is 0 Å². The summed E-state index contributed by atoms with van der Waals surface area (Å²) >= 11 is 1.87. The Kier molecular flexibility index (Phi) is 12.9. The number of nitrogens with one attached hydrogen (secondary N) is 1. The second kappa shape index (κ2) is 22.4. The third kappa shape index (κ3) is 8.90. The van der Waals surface area contributed by atoms with Crippen LogP contribution in [0.15, 0.2) is 350 Å². The maximum atomic E-state index is 8.16. The standard InChI is InChI=1S/C85H56B2N6OS/c1-9-29-57(30-10-1)85-88-72-50-49-58(51-75(72)93(85)65-43-23-8-24-44-65)80-83-70(86-68-45-25-27-47-73(68)91(63-39-19-6-20-40-63)76-52-66(54-78(94-83)81(76)86)89(59-31-11-2-12-32-59)60-33-13-3-14-34-60)56-71-84(80)95-79-55-67(90(61-35-15-4-16-36-61)62-37-17-5-18-38-62)53-77-82(79)87(71)69-46-26-28-48-74(69)92(77)64-41-21-7-22-42-64/h1-56H/p+1. The summed E-state index contributed by atoms with van der Waals surface area (Å²) < 4.78 is 10.5. The predicted octanol–water partition coefficient (Wildman–Crippen LogP) is 17.9. The molecule has 1 aromatic heterocycles. The minimum absolute atomic E-state index is 0.185. The second-order valence-electron chi connectivity index (χ2n) is 24.6. The van der Waals surface area contributed by atoms with Gasteiger partial charge in [-0.2, -0.15) is 4.57 Å². The van der Waals surface area contributed by atoms with Crippen molar-refractivity contribution in [1.29, 1.82) is 0 Å². The summed E-state index contributed by atoms with van der Waals surface area (Å²) in [5.41, 5.74) is 26.5. The lowest BCUT2D eigenvalue weighted by molar-refractivity contribution is -0.554. The molecular formula is C85H57B2N6OS+. The van der Waals surface area contributed by atoms with Gasteiger partial charge in [0, 0.05) is 84.0 Å². The summed E-state index contributed by atoms with van der Waals surface area (Å²) in [5.74, 6) is 2.66. The minimum atomic E-state index is -0.243. The fraction of sp³-hybridized carbons (Fsp3) is 0. The van der Waals surface area contributed by atoms with Crippen molar-refractivity contribution in [2.75, 3.05) is 19.6 Å². The molecule has 0 saturated carbocycles. The Balaban J connectivity index is 0.931. The van der Waals surface area contributed by atoms with Crippen LogP contribution >= 0.6 is 11.8 Å². The molecule has 0 amide bonds. The van der Waals surface area contributed by atoms with Gasteiger partial charge >= 0.3 is 0 Å². The lowest BCUT2D eigenvalue weighted by atomic mass is 9.31. The van der Waals surface area contributed by atoms with Crippen molar-refractivity contribution in [2.45, 2.75) is 9.79 Å². The number of para-hydroxylation sites is 9. The van der Waals surface area contributed by atoms with Gasteiger partial charge in [0.25, 0.3) is 12.5 Å². The van der Waals surface area contributed by atoms with Crippen LogP contribution in [0.5, 0.6) is 11.5 Å². The molecule has 0 saturated heterocycles. The van der Waals surface area contributed by atoms with Gasteiger partial charge in [-0.15, -0.1) is 0 Å². The Morgan fingerprint density at radius 1 is 0.358 bits per heavy atom. The molecule has 0 unspecified atom stereocenters. The first-order valence-corrected chi connectivity index (χ1v) is 33.3. The normalized spacial score (nSPS) is 12.8. The van der Waals surface area contributed by atoms with Gasteiger partial charge in [-0.1, -0.05) is 205 Å². The highest BCUT2D eigenvalue weighted by molar-refractivity contribution is 8.00. The summed E-state index contributed by atoms with van der Waals surface area (Å²) in [5, 5.41) is 0. The topological polar surface area (TPSA) is 41.9 Å². The van der Waals surface area contributed by atoms with Crippen molar-refractivity contribution in [3.05, 3.63) is 340 Å². The molecule has 14 aromatic carbocycles. The zero-order valence-corrected chi connectivity index (χ0v) is 52.4. The number of hydrogen-bond donors (Lipinski definition) is 1. The van der Waals surface area contributed by atoms with Crippen molar-refractivity contribution >= 4 is 137 Å². The minimum Gasteiger partial charge on any atom is -0.458 e. The molecule has 0 atom stereocenters. The molecule has 444 valence electrons. The number of imidazole rings is 1. The molecule has 5 heterocycles. The molecule has 7 nitrogen and oxygen atoms in total. The Morgan fingerprint density at radius 3 is 1.35 bits per heavy atom. The molecule has 0 fully saturated rings. The summed E-state index contributed by atoms with van der Waals surface area (Å²) in [6.45, 7) is -0.427. The summed E-state index contributed by atoms with van der Waals surface area (Å²) in [6, 6.07) is 124. The average molecular weight is 1230 g/mol. The van der Waals surface area contributed by atoms with Crippen molar-refractivity contribution in [3.8, 4) is 39.7 Å². The van der Waals surface area contributed by atoms with Crippen molar-refractivity contribution in [3.63, 3.8) is 0 Å². The van der Waals surface area contributed by atoms with Crippen LogP contribution in [0.1, 0.15) is 0 Å². The fourth-order valence-electron chi connectivity index (χ4n) is 15.3. The maximum absolute atomic E-state index is 8.16. The first-order valence-electron chi connectivity index (χ1n) is 32.5. The number of aromatic nitrogens is 2. The highest BCUT2D eigenvalue weighted by Gasteiger charge is 2.48. The van der Waals surface area contributed by atoms with Crippen LogP contribution in [0.4, 0.5) is 68.2 Å². The van der Waals surface area contributed by atoms with Gasteiger partial charge < -0.3 is 24.3 Å². The Hall–Kier alpha value is -12.0. The number of hydrogen-bond acceptors (Lipinski definition) is 6. The van der Waals surface area contributed by atoms with E-state index in [1.165, 1.54) is 26.7 Å². The van der Waals surface area contributed by atoms with Gasteiger partial charge in [-0.05, 0) is 178 Å². The Bertz CT molecular complexity index is 5120.